The van der Waals surface area contributed by atoms with Crippen molar-refractivity contribution in [1.82, 2.24) is 9.78 Å². The second-order valence-electron chi connectivity index (χ2n) is 4.23. The summed E-state index contributed by atoms with van der Waals surface area (Å²) in [6, 6.07) is 8.23. The van der Waals surface area contributed by atoms with Gasteiger partial charge in [0.25, 0.3) is 0 Å². The van der Waals surface area contributed by atoms with Crippen LogP contribution in [0.15, 0.2) is 30.5 Å². The Labute approximate surface area is 95.9 Å². The Morgan fingerprint density at radius 3 is 2.31 bits per heavy atom. The topological polar surface area (TPSA) is 43.8 Å². The molecule has 1 aromatic carbocycles. The van der Waals surface area contributed by atoms with E-state index in [2.05, 4.69) is 36.3 Å². The van der Waals surface area contributed by atoms with Crippen molar-refractivity contribution in [3.8, 4) is 0 Å². The van der Waals surface area contributed by atoms with Gasteiger partial charge >= 0.3 is 0 Å². The minimum Gasteiger partial charge on any atom is -0.320 e. The van der Waals surface area contributed by atoms with Crippen molar-refractivity contribution in [1.29, 1.82) is 0 Å². The molecule has 0 aliphatic carbocycles. The maximum absolute atomic E-state index is 6.23. The van der Waals surface area contributed by atoms with Gasteiger partial charge in [0.15, 0.2) is 0 Å². The highest BCUT2D eigenvalue weighted by atomic mass is 15.2. The van der Waals surface area contributed by atoms with E-state index in [0.717, 1.165) is 16.8 Å². The van der Waals surface area contributed by atoms with Crippen molar-refractivity contribution < 1.29 is 0 Å². The fourth-order valence-electron chi connectivity index (χ4n) is 1.88. The molecule has 1 atom stereocenters. The second-order valence-corrected chi connectivity index (χ2v) is 4.23. The molecule has 0 saturated carbocycles. The average molecular weight is 215 g/mol. The fourth-order valence-corrected chi connectivity index (χ4v) is 1.88. The summed E-state index contributed by atoms with van der Waals surface area (Å²) in [7, 11) is 1.92. The van der Waals surface area contributed by atoms with E-state index in [-0.39, 0.29) is 6.04 Å². The molecule has 1 heterocycles. The van der Waals surface area contributed by atoms with Crippen LogP contribution in [0.3, 0.4) is 0 Å². The number of aromatic nitrogens is 2. The minimum atomic E-state index is -0.0886. The third-order valence-corrected chi connectivity index (χ3v) is 2.82. The van der Waals surface area contributed by atoms with Gasteiger partial charge in [0.05, 0.1) is 11.7 Å². The zero-order chi connectivity index (χ0) is 11.7. The van der Waals surface area contributed by atoms with E-state index < -0.39 is 0 Å². The molecule has 0 bridgehead atoms. The largest absolute Gasteiger partial charge is 0.320 e. The van der Waals surface area contributed by atoms with Crippen LogP contribution < -0.4 is 5.73 Å². The molecule has 84 valence electrons. The molecular weight excluding hydrogens is 198 g/mol. The monoisotopic (exact) mass is 215 g/mol. The molecule has 3 nitrogen and oxygen atoms in total. The van der Waals surface area contributed by atoms with Gasteiger partial charge in [-0.3, -0.25) is 4.68 Å². The van der Waals surface area contributed by atoms with Crippen LogP contribution in [0.5, 0.6) is 0 Å². The lowest BCUT2D eigenvalue weighted by Gasteiger charge is -2.11. The molecule has 0 aliphatic heterocycles. The van der Waals surface area contributed by atoms with Crippen molar-refractivity contribution in [3.63, 3.8) is 0 Å². The first kappa shape index (κ1) is 10.9. The van der Waals surface area contributed by atoms with Crippen LogP contribution in [0.25, 0.3) is 0 Å². The Balaban J connectivity index is 2.35. The predicted molar refractivity (Wildman–Crippen MR) is 65.2 cm³/mol. The van der Waals surface area contributed by atoms with E-state index in [1.807, 2.05) is 20.2 Å². The lowest BCUT2D eigenvalue weighted by molar-refractivity contribution is 0.756. The number of rotatable bonds is 2. The second kappa shape index (κ2) is 4.10. The third kappa shape index (κ3) is 1.99. The van der Waals surface area contributed by atoms with Crippen molar-refractivity contribution in [2.24, 2.45) is 12.8 Å². The highest BCUT2D eigenvalue weighted by molar-refractivity contribution is 5.33. The molecule has 2 N–H and O–H groups in total. The first-order valence-corrected chi connectivity index (χ1v) is 5.40. The average Bonchev–Trinajstić information content (AvgIpc) is 2.58. The molecule has 1 aromatic heterocycles. The van der Waals surface area contributed by atoms with E-state index in [1.54, 1.807) is 4.68 Å². The summed E-state index contributed by atoms with van der Waals surface area (Å²) in [5, 5.41) is 4.31. The molecule has 0 amide bonds. The van der Waals surface area contributed by atoms with Crippen molar-refractivity contribution in [2.75, 3.05) is 0 Å². The molecule has 2 rings (SSSR count). The maximum atomic E-state index is 6.23. The molecule has 2 aromatic rings. The van der Waals surface area contributed by atoms with E-state index in [9.17, 15) is 0 Å². The van der Waals surface area contributed by atoms with E-state index in [4.69, 9.17) is 5.73 Å². The first-order chi connectivity index (χ1) is 7.58. The van der Waals surface area contributed by atoms with Crippen LogP contribution >= 0.6 is 0 Å². The molecule has 0 spiro atoms. The third-order valence-electron chi connectivity index (χ3n) is 2.82. The molecule has 0 radical (unpaired) electrons. The SMILES string of the molecule is Cc1ccc(C(N)c2cn(C)nc2C)cc1. The van der Waals surface area contributed by atoms with Crippen LogP contribution in [0.2, 0.25) is 0 Å². The molecule has 0 fully saturated rings. The number of hydrogen-bond acceptors (Lipinski definition) is 2. The molecule has 0 aliphatic rings. The number of hydrogen-bond donors (Lipinski definition) is 1. The first-order valence-electron chi connectivity index (χ1n) is 5.40. The number of nitrogens with zero attached hydrogens (tertiary/aromatic N) is 2. The Morgan fingerprint density at radius 2 is 1.81 bits per heavy atom. The summed E-state index contributed by atoms with van der Waals surface area (Å²) < 4.78 is 1.80. The standard InChI is InChI=1S/C13H17N3/c1-9-4-6-11(7-5-9)13(14)12-8-16(3)15-10(12)2/h4-8,13H,14H2,1-3H3. The summed E-state index contributed by atoms with van der Waals surface area (Å²) >= 11 is 0. The van der Waals surface area contributed by atoms with Gasteiger partial charge in [-0.15, -0.1) is 0 Å². The summed E-state index contributed by atoms with van der Waals surface area (Å²) in [6.07, 6.45) is 1.99. The van der Waals surface area contributed by atoms with Gasteiger partial charge in [0.2, 0.25) is 0 Å². The Bertz CT molecular complexity index is 482. The molecular formula is C13H17N3. The van der Waals surface area contributed by atoms with Crippen LogP contribution in [0.4, 0.5) is 0 Å². The Morgan fingerprint density at radius 1 is 1.19 bits per heavy atom. The van der Waals surface area contributed by atoms with Crippen molar-refractivity contribution in [2.45, 2.75) is 19.9 Å². The Hall–Kier alpha value is -1.61. The smallest absolute Gasteiger partial charge is 0.0644 e. The highest BCUT2D eigenvalue weighted by Gasteiger charge is 2.13. The van der Waals surface area contributed by atoms with Crippen molar-refractivity contribution >= 4 is 0 Å². The normalized spacial score (nSPS) is 12.8. The quantitative estimate of drug-likeness (QED) is 0.833. The molecule has 3 heteroatoms. The lowest BCUT2D eigenvalue weighted by Crippen LogP contribution is -2.12. The summed E-state index contributed by atoms with van der Waals surface area (Å²) in [6.45, 7) is 4.06. The molecule has 0 saturated heterocycles. The van der Waals surface area contributed by atoms with Crippen LogP contribution in [0.1, 0.15) is 28.4 Å². The Kier molecular flexibility index (Phi) is 2.79. The van der Waals surface area contributed by atoms with Gasteiger partial charge in [0, 0.05) is 18.8 Å². The summed E-state index contributed by atoms with van der Waals surface area (Å²) in [4.78, 5) is 0. The van der Waals surface area contributed by atoms with Gasteiger partial charge in [-0.25, -0.2) is 0 Å². The van der Waals surface area contributed by atoms with Crippen LogP contribution in [-0.4, -0.2) is 9.78 Å². The highest BCUT2D eigenvalue weighted by Crippen LogP contribution is 2.21. The number of benzene rings is 1. The van der Waals surface area contributed by atoms with E-state index >= 15 is 0 Å². The predicted octanol–water partition coefficient (Wildman–Crippen LogP) is 2.09. The zero-order valence-corrected chi connectivity index (χ0v) is 9.94. The van der Waals surface area contributed by atoms with E-state index in [0.29, 0.717) is 0 Å². The van der Waals surface area contributed by atoms with Gasteiger partial charge < -0.3 is 5.73 Å². The zero-order valence-electron chi connectivity index (χ0n) is 9.94. The van der Waals surface area contributed by atoms with Crippen LogP contribution in [0, 0.1) is 13.8 Å². The summed E-state index contributed by atoms with van der Waals surface area (Å²) in [5.74, 6) is 0. The fraction of sp³-hybridized carbons (Fsp3) is 0.308. The van der Waals surface area contributed by atoms with Gasteiger partial charge in [-0.2, -0.15) is 5.10 Å². The molecule has 1 unspecified atom stereocenters. The van der Waals surface area contributed by atoms with Gasteiger partial charge in [-0.05, 0) is 19.4 Å². The van der Waals surface area contributed by atoms with E-state index in [1.165, 1.54) is 5.56 Å². The van der Waals surface area contributed by atoms with Gasteiger partial charge in [0.1, 0.15) is 0 Å². The van der Waals surface area contributed by atoms with Gasteiger partial charge in [-0.1, -0.05) is 29.8 Å². The summed E-state index contributed by atoms with van der Waals surface area (Å²) in [5.41, 5.74) is 10.7. The lowest BCUT2D eigenvalue weighted by atomic mass is 9.99. The number of nitrogens with two attached hydrogens (primary N) is 1. The maximum Gasteiger partial charge on any atom is 0.0644 e. The number of aryl methyl sites for hydroxylation is 3. The van der Waals surface area contributed by atoms with Crippen LogP contribution in [-0.2, 0) is 7.05 Å². The van der Waals surface area contributed by atoms with Crippen molar-refractivity contribution in [3.05, 3.63) is 52.8 Å². The molecule has 16 heavy (non-hydrogen) atoms. The minimum absolute atomic E-state index is 0.0886.